The van der Waals surface area contributed by atoms with Gasteiger partial charge in [0.2, 0.25) is 0 Å². The quantitative estimate of drug-likeness (QED) is 0.183. The number of ether oxygens (including phenoxy) is 3. The molecule has 1 atom stereocenters. The summed E-state index contributed by atoms with van der Waals surface area (Å²) in [5.74, 6) is -1.82. The van der Waals surface area contributed by atoms with Crippen LogP contribution in [0.15, 0.2) is 60.7 Å². The molecule has 0 fully saturated rings. The molecule has 34 heavy (non-hydrogen) atoms. The van der Waals surface area contributed by atoms with Gasteiger partial charge in [0.25, 0.3) is 0 Å². The Bertz CT molecular complexity index is 884. The number of carbonyl (C=O) groups is 2. The Kier molecular flexibility index (Phi) is 12.3. The fourth-order valence-corrected chi connectivity index (χ4v) is 3.39. The zero-order valence-corrected chi connectivity index (χ0v) is 22.3. The molecule has 2 aromatic carbocycles. The van der Waals surface area contributed by atoms with Crippen molar-refractivity contribution in [3.05, 3.63) is 71.8 Å². The molecular weight excluding hydrogens is 701 g/mol. The number of rotatable bonds is 13. The summed E-state index contributed by atoms with van der Waals surface area (Å²) in [4.78, 5) is 25.9. The molecule has 190 valence electrons. The molecule has 0 saturated heterocycles. The fraction of sp³-hybridized carbons (Fsp3) is 0.375. The van der Waals surface area contributed by atoms with E-state index in [1.807, 2.05) is 65.6 Å². The summed E-state index contributed by atoms with van der Waals surface area (Å²) in [5, 5.41) is 12.4. The molecule has 0 aliphatic heterocycles. The van der Waals surface area contributed by atoms with Gasteiger partial charge in [-0.2, -0.15) is 0 Å². The van der Waals surface area contributed by atoms with Gasteiger partial charge in [-0.3, -0.25) is 4.79 Å². The molecule has 0 aliphatic rings. The number of hydrogen-bond donors (Lipinski definition) is 2. The van der Waals surface area contributed by atoms with Crippen molar-refractivity contribution in [3.8, 4) is 0 Å². The zero-order valence-electron chi connectivity index (χ0n) is 19.1. The Hall–Kier alpha value is -4.01. The van der Waals surface area contributed by atoms with Gasteiger partial charge in [0.1, 0.15) is 12.6 Å². The van der Waals surface area contributed by atoms with E-state index >= 15 is 0 Å². The number of esters is 1. The number of carboxylic acid groups (broad SMARTS) is 1. The summed E-state index contributed by atoms with van der Waals surface area (Å²) in [7, 11) is 3.11. The standard InChI is InChI=1S/C24H30N2O6S.Fm/c1-30-22(31-2)13-14-26(16-18-9-5-3-6-10-18)24(33)25-20(15-21(27)28)23(29)32-17-19-11-7-4-8-12-19;/h3-12,20,22H,13-17H2,1-2H3,(H,25,33)(H,27,28);/t20-;/m0./s1. The number of nitrogens with one attached hydrogen (secondary N) is 1. The molecule has 0 aromatic heterocycles. The Morgan fingerprint density at radius 1 is 1.00 bits per heavy atom. The van der Waals surface area contributed by atoms with Gasteiger partial charge in [-0.25, -0.2) is 4.79 Å². The topological polar surface area (TPSA) is 97.3 Å². The molecule has 0 amide bonds. The van der Waals surface area contributed by atoms with Crippen molar-refractivity contribution >= 4 is 29.3 Å². The van der Waals surface area contributed by atoms with Crippen molar-refractivity contribution in [3.63, 3.8) is 0 Å². The van der Waals surface area contributed by atoms with E-state index in [0.29, 0.717) is 19.5 Å². The molecule has 0 aliphatic carbocycles. The molecule has 2 N–H and O–H groups in total. The summed E-state index contributed by atoms with van der Waals surface area (Å²) < 4.78 is 15.9. The van der Waals surface area contributed by atoms with Crippen molar-refractivity contribution < 1.29 is 28.9 Å². The van der Waals surface area contributed by atoms with Gasteiger partial charge < -0.3 is 29.5 Å². The maximum Gasteiger partial charge on any atom is 0.329 e. The van der Waals surface area contributed by atoms with Gasteiger partial charge in [-0.1, -0.05) is 60.7 Å². The normalized spacial score (nSPS) is 11.3. The average Bonchev–Trinajstić information content (AvgIpc) is 2.83. The number of carbonyl (C=O) groups excluding carboxylic acids is 1. The van der Waals surface area contributed by atoms with Gasteiger partial charge >= 0.3 is 11.9 Å². The summed E-state index contributed by atoms with van der Waals surface area (Å²) in [6.07, 6.45) is -0.369. The molecule has 0 saturated carbocycles. The van der Waals surface area contributed by atoms with E-state index in [1.165, 1.54) is 0 Å². The second-order valence-corrected chi connectivity index (χ2v) is 7.68. The minimum absolute atomic E-state index is 0. The molecule has 0 unspecified atom stereocenters. The van der Waals surface area contributed by atoms with Gasteiger partial charge in [0.05, 0.1) is 6.42 Å². The van der Waals surface area contributed by atoms with Crippen LogP contribution in [-0.4, -0.2) is 60.2 Å². The Labute approximate surface area is 199 Å². The predicted octanol–water partition coefficient (Wildman–Crippen LogP) is 2.96. The van der Waals surface area contributed by atoms with E-state index < -0.39 is 30.7 Å². The third-order valence-corrected chi connectivity index (χ3v) is 5.22. The predicted molar refractivity (Wildman–Crippen MR) is 127 cm³/mol. The van der Waals surface area contributed by atoms with E-state index in [2.05, 4.69) is 5.32 Å². The van der Waals surface area contributed by atoms with E-state index in [1.54, 1.807) is 14.2 Å². The average molecular weight is 732 g/mol. The van der Waals surface area contributed by atoms with Crippen LogP contribution in [0.5, 0.6) is 0 Å². The van der Waals surface area contributed by atoms with Crippen LogP contribution in [0.4, 0.5) is 0 Å². The molecule has 10 heteroatoms. The van der Waals surface area contributed by atoms with E-state index in [-0.39, 0.29) is 11.7 Å². The number of aliphatic carboxylic acids is 1. The molecule has 8 nitrogen and oxygen atoms in total. The first-order valence-corrected chi connectivity index (χ1v) is 10.9. The van der Waals surface area contributed by atoms with Gasteiger partial charge in [-0.05, 0) is 23.3 Å². The summed E-state index contributed by atoms with van der Waals surface area (Å²) in [6.45, 7) is 0.971. The molecule has 0 radical (unpaired) electrons. The van der Waals surface area contributed by atoms with Crippen LogP contribution >= 0.6 is 12.2 Å². The zero-order chi connectivity index (χ0) is 24.1. The summed E-state index contributed by atoms with van der Waals surface area (Å²) in [6, 6.07) is 17.7. The number of thiocarbonyl (C=S) groups is 1. The monoisotopic (exact) mass is 731 g/mol. The third-order valence-electron chi connectivity index (χ3n) is 4.85. The van der Waals surface area contributed by atoms with Crippen LogP contribution in [0.3, 0.4) is 0 Å². The number of benzene rings is 2. The first-order valence-electron chi connectivity index (χ1n) is 10.5. The van der Waals surface area contributed by atoms with Gasteiger partial charge in [-0.15, -0.1) is 0 Å². The van der Waals surface area contributed by atoms with Crippen molar-refractivity contribution in [2.24, 2.45) is 0 Å². The first kappa shape index (κ1) is 28.0. The number of methoxy groups -OCH3 is 2. The van der Waals surface area contributed by atoms with Crippen molar-refractivity contribution in [1.29, 1.82) is 0 Å². The van der Waals surface area contributed by atoms with Crippen LogP contribution in [0, 0.1) is 0 Å². The van der Waals surface area contributed by atoms with Crippen LogP contribution in [-0.2, 0) is 37.0 Å². The van der Waals surface area contributed by atoms with Crippen LogP contribution in [0.25, 0.3) is 0 Å². The molecule has 2 aromatic rings. The van der Waals surface area contributed by atoms with Gasteiger partial charge in [0, 0.05) is 33.7 Å². The summed E-state index contributed by atoms with van der Waals surface area (Å²) in [5.41, 5.74) is 1.81. The second-order valence-electron chi connectivity index (χ2n) is 7.29. The maximum absolute atomic E-state index is 12.7. The fourth-order valence-electron chi connectivity index (χ4n) is 3.09. The van der Waals surface area contributed by atoms with Crippen LogP contribution in [0.2, 0.25) is 0 Å². The maximum atomic E-state index is 12.7. The number of nitrogens with zero attached hydrogens (tertiary/aromatic N) is 1. The Balaban J connectivity index is 0.00000578. The second kappa shape index (κ2) is 14.9. The van der Waals surface area contributed by atoms with Crippen molar-refractivity contribution in [1.82, 2.24) is 10.2 Å². The third kappa shape index (κ3) is 9.64. The number of hydrogen-bond acceptors (Lipinski definition) is 6. The molecule has 0 heterocycles. The van der Waals surface area contributed by atoms with E-state index in [9.17, 15) is 14.7 Å². The van der Waals surface area contributed by atoms with E-state index in [0.717, 1.165) is 11.1 Å². The Morgan fingerprint density at radius 2 is 1.56 bits per heavy atom. The van der Waals surface area contributed by atoms with Crippen molar-refractivity contribution in [2.45, 2.75) is 38.3 Å². The minimum atomic E-state index is -1.14. The van der Waals surface area contributed by atoms with Crippen LogP contribution < -0.4 is 5.32 Å². The minimum Gasteiger partial charge on any atom is -0.481 e. The van der Waals surface area contributed by atoms with E-state index in [4.69, 9.17) is 26.4 Å². The van der Waals surface area contributed by atoms with Crippen LogP contribution in [0.1, 0.15) is 24.0 Å². The van der Waals surface area contributed by atoms with Gasteiger partial charge in [0.15, 0.2) is 11.4 Å². The SMILES string of the molecule is COC(CCN(Cc1ccccc1)C(=S)N[C@@H](CC(=O)O)C(=O)OCc1ccccc1)OC.[Fm]. The molecule has 2 rings (SSSR count). The summed E-state index contributed by atoms with van der Waals surface area (Å²) >= 11 is 5.56. The first-order chi connectivity index (χ1) is 15.9. The Morgan fingerprint density at radius 3 is 2.09 bits per heavy atom. The smallest absolute Gasteiger partial charge is 0.329 e. The molecule has 0 spiro atoms. The largest absolute Gasteiger partial charge is 0.481 e. The molecular formula is C24H30FmN2O6S. The van der Waals surface area contributed by atoms with Crippen molar-refractivity contribution in [2.75, 3.05) is 20.8 Å². The number of carboxylic acids is 1. The molecule has 0 bridgehead atoms.